The number of likely N-dealkylation sites (tertiary alicyclic amines) is 1. The first-order valence-electron chi connectivity index (χ1n) is 8.71. The second-order valence-electron chi connectivity index (χ2n) is 7.90. The van der Waals surface area contributed by atoms with Crippen LogP contribution < -0.4 is 0 Å². The van der Waals surface area contributed by atoms with Gasteiger partial charge in [0.25, 0.3) is 5.91 Å². The summed E-state index contributed by atoms with van der Waals surface area (Å²) in [5, 5.41) is 4.00. The van der Waals surface area contributed by atoms with Gasteiger partial charge >= 0.3 is 0 Å². The van der Waals surface area contributed by atoms with Crippen LogP contribution in [0.2, 0.25) is 0 Å². The molecule has 0 N–H and O–H groups in total. The van der Waals surface area contributed by atoms with Crippen LogP contribution >= 0.6 is 0 Å². The molecule has 1 amide bonds. The van der Waals surface area contributed by atoms with Crippen molar-refractivity contribution in [3.8, 4) is 11.3 Å². The molecule has 0 spiro atoms. The molecule has 24 heavy (non-hydrogen) atoms. The van der Waals surface area contributed by atoms with E-state index in [4.69, 9.17) is 4.52 Å². The highest BCUT2D eigenvalue weighted by molar-refractivity contribution is 5.93. The third-order valence-electron chi connectivity index (χ3n) is 4.71. The van der Waals surface area contributed by atoms with Gasteiger partial charge in [0.1, 0.15) is 0 Å². The molecule has 0 radical (unpaired) electrons. The number of rotatable bonds is 2. The molecule has 1 aromatic heterocycles. The lowest BCUT2D eigenvalue weighted by atomic mass is 9.86. The fourth-order valence-corrected chi connectivity index (χ4v) is 3.18. The Morgan fingerprint density at radius 2 is 1.96 bits per heavy atom. The number of nitrogens with zero attached hydrogens (tertiary/aromatic N) is 2. The summed E-state index contributed by atoms with van der Waals surface area (Å²) in [6.07, 6.45) is 2.25. The lowest BCUT2D eigenvalue weighted by Gasteiger charge is -2.30. The topological polar surface area (TPSA) is 46.3 Å². The molecular weight excluding hydrogens is 300 g/mol. The normalized spacial score (nSPS) is 18.7. The Morgan fingerprint density at radius 3 is 2.58 bits per heavy atom. The Labute approximate surface area is 143 Å². The number of hydrogen-bond donors (Lipinski definition) is 0. The van der Waals surface area contributed by atoms with E-state index < -0.39 is 0 Å². The standard InChI is InChI=1S/C20H26N2O2/c1-14-6-5-11-22(13-14)19(23)17-12-18(24-21-17)15-7-9-16(10-8-15)20(2,3)4/h7-10,12,14H,5-6,11,13H2,1-4H3/t14-/m0/s1. The van der Waals surface area contributed by atoms with E-state index in [0.717, 1.165) is 25.1 Å². The third kappa shape index (κ3) is 3.53. The predicted molar refractivity (Wildman–Crippen MR) is 94.9 cm³/mol. The smallest absolute Gasteiger partial charge is 0.276 e. The van der Waals surface area contributed by atoms with Crippen molar-refractivity contribution in [1.29, 1.82) is 0 Å². The number of aromatic nitrogens is 1. The molecule has 1 atom stereocenters. The van der Waals surface area contributed by atoms with Crippen LogP contribution in [0.25, 0.3) is 11.3 Å². The van der Waals surface area contributed by atoms with Gasteiger partial charge in [-0.1, -0.05) is 57.1 Å². The maximum atomic E-state index is 12.6. The second kappa shape index (κ2) is 6.42. The number of amides is 1. The molecule has 1 aliphatic heterocycles. The SMILES string of the molecule is C[C@H]1CCCN(C(=O)c2cc(-c3ccc(C(C)(C)C)cc3)on2)C1. The summed E-state index contributed by atoms with van der Waals surface area (Å²) < 4.78 is 5.42. The van der Waals surface area contributed by atoms with Crippen LogP contribution in [0.15, 0.2) is 34.9 Å². The second-order valence-corrected chi connectivity index (χ2v) is 7.90. The van der Waals surface area contributed by atoms with Crippen molar-refractivity contribution in [3.05, 3.63) is 41.6 Å². The van der Waals surface area contributed by atoms with Gasteiger partial charge in [-0.15, -0.1) is 0 Å². The largest absolute Gasteiger partial charge is 0.355 e. The van der Waals surface area contributed by atoms with Gasteiger partial charge < -0.3 is 9.42 Å². The average Bonchev–Trinajstić information content (AvgIpc) is 3.03. The van der Waals surface area contributed by atoms with Crippen LogP contribution in [0, 0.1) is 5.92 Å². The first kappa shape index (κ1) is 16.7. The number of carbonyl (C=O) groups excluding carboxylic acids is 1. The van der Waals surface area contributed by atoms with Gasteiger partial charge in [-0.3, -0.25) is 4.79 Å². The number of hydrogen-bond acceptors (Lipinski definition) is 3. The van der Waals surface area contributed by atoms with E-state index in [2.05, 4.69) is 45.0 Å². The Morgan fingerprint density at radius 1 is 1.25 bits per heavy atom. The van der Waals surface area contributed by atoms with Crippen LogP contribution in [0.3, 0.4) is 0 Å². The van der Waals surface area contributed by atoms with Crippen molar-refractivity contribution in [1.82, 2.24) is 10.1 Å². The lowest BCUT2D eigenvalue weighted by Crippen LogP contribution is -2.39. The number of benzene rings is 1. The third-order valence-corrected chi connectivity index (χ3v) is 4.71. The fourth-order valence-electron chi connectivity index (χ4n) is 3.18. The van der Waals surface area contributed by atoms with Crippen molar-refractivity contribution in [2.24, 2.45) is 5.92 Å². The highest BCUT2D eigenvalue weighted by atomic mass is 16.5. The Kier molecular flexibility index (Phi) is 4.48. The summed E-state index contributed by atoms with van der Waals surface area (Å²) in [5.41, 5.74) is 2.73. The van der Waals surface area contributed by atoms with Gasteiger partial charge in [0.2, 0.25) is 0 Å². The Balaban J connectivity index is 1.76. The van der Waals surface area contributed by atoms with Gasteiger partial charge in [-0.25, -0.2) is 0 Å². The number of piperidine rings is 1. The highest BCUT2D eigenvalue weighted by Gasteiger charge is 2.24. The summed E-state index contributed by atoms with van der Waals surface area (Å²) in [4.78, 5) is 14.5. The molecule has 1 aliphatic rings. The molecule has 1 aromatic carbocycles. The molecule has 1 saturated heterocycles. The molecule has 1 fully saturated rings. The molecule has 4 heteroatoms. The summed E-state index contributed by atoms with van der Waals surface area (Å²) in [7, 11) is 0. The van der Waals surface area contributed by atoms with Gasteiger partial charge in [0, 0.05) is 24.7 Å². The van der Waals surface area contributed by atoms with Crippen molar-refractivity contribution >= 4 is 5.91 Å². The van der Waals surface area contributed by atoms with E-state index in [9.17, 15) is 4.79 Å². The maximum Gasteiger partial charge on any atom is 0.276 e. The predicted octanol–water partition coefficient (Wildman–Crippen LogP) is 4.51. The minimum absolute atomic E-state index is 0.0251. The quantitative estimate of drug-likeness (QED) is 0.815. The van der Waals surface area contributed by atoms with Crippen LogP contribution in [0.5, 0.6) is 0 Å². The molecule has 0 aliphatic carbocycles. The summed E-state index contributed by atoms with van der Waals surface area (Å²) in [6.45, 7) is 10.4. The zero-order chi connectivity index (χ0) is 17.3. The Bertz CT molecular complexity index is 710. The molecule has 4 nitrogen and oxygen atoms in total. The van der Waals surface area contributed by atoms with E-state index in [0.29, 0.717) is 17.4 Å². The van der Waals surface area contributed by atoms with Gasteiger partial charge in [-0.2, -0.15) is 0 Å². The van der Waals surface area contributed by atoms with Crippen LogP contribution in [-0.2, 0) is 5.41 Å². The van der Waals surface area contributed by atoms with Gasteiger partial charge in [0.15, 0.2) is 11.5 Å². The number of carbonyl (C=O) groups is 1. The maximum absolute atomic E-state index is 12.6. The first-order chi connectivity index (χ1) is 11.3. The van der Waals surface area contributed by atoms with Gasteiger partial charge in [-0.05, 0) is 29.7 Å². The van der Waals surface area contributed by atoms with Crippen molar-refractivity contribution < 1.29 is 9.32 Å². The van der Waals surface area contributed by atoms with Crippen LogP contribution in [-0.4, -0.2) is 29.1 Å². The molecule has 0 bridgehead atoms. The molecule has 0 unspecified atom stereocenters. The molecule has 2 heterocycles. The minimum Gasteiger partial charge on any atom is -0.355 e. The summed E-state index contributed by atoms with van der Waals surface area (Å²) in [5.74, 6) is 1.17. The van der Waals surface area contributed by atoms with Crippen molar-refractivity contribution in [2.45, 2.75) is 46.0 Å². The molecule has 128 valence electrons. The molecule has 3 rings (SSSR count). The highest BCUT2D eigenvalue weighted by Crippen LogP contribution is 2.27. The van der Waals surface area contributed by atoms with E-state index in [1.165, 1.54) is 12.0 Å². The van der Waals surface area contributed by atoms with E-state index >= 15 is 0 Å². The van der Waals surface area contributed by atoms with Crippen LogP contribution in [0.1, 0.15) is 56.6 Å². The molecule has 0 saturated carbocycles. The molecule has 2 aromatic rings. The summed E-state index contributed by atoms with van der Waals surface area (Å²) >= 11 is 0. The van der Waals surface area contributed by atoms with E-state index in [-0.39, 0.29) is 11.3 Å². The van der Waals surface area contributed by atoms with Crippen molar-refractivity contribution in [2.75, 3.05) is 13.1 Å². The first-order valence-corrected chi connectivity index (χ1v) is 8.71. The summed E-state index contributed by atoms with van der Waals surface area (Å²) in [6, 6.07) is 10.0. The minimum atomic E-state index is -0.0251. The van der Waals surface area contributed by atoms with Crippen LogP contribution in [0.4, 0.5) is 0 Å². The van der Waals surface area contributed by atoms with E-state index in [1.807, 2.05) is 17.0 Å². The lowest BCUT2D eigenvalue weighted by molar-refractivity contribution is 0.0672. The average molecular weight is 326 g/mol. The monoisotopic (exact) mass is 326 g/mol. The molecular formula is C20H26N2O2. The van der Waals surface area contributed by atoms with Gasteiger partial charge in [0.05, 0.1) is 0 Å². The van der Waals surface area contributed by atoms with Crippen molar-refractivity contribution in [3.63, 3.8) is 0 Å². The zero-order valence-corrected chi connectivity index (χ0v) is 15.0. The zero-order valence-electron chi connectivity index (χ0n) is 15.0. The van der Waals surface area contributed by atoms with E-state index in [1.54, 1.807) is 6.07 Å². The fraction of sp³-hybridized carbons (Fsp3) is 0.500. The Hall–Kier alpha value is -2.10.